The quantitative estimate of drug-likeness (QED) is 0.846. The fourth-order valence-electron chi connectivity index (χ4n) is 1.40. The maximum Gasteiger partial charge on any atom is 0.259 e. The molecule has 1 aromatic heterocycles. The van der Waals surface area contributed by atoms with E-state index in [-0.39, 0.29) is 11.7 Å². The second-order valence-electron chi connectivity index (χ2n) is 3.47. The van der Waals surface area contributed by atoms with Crippen molar-refractivity contribution in [2.75, 3.05) is 5.32 Å². The largest absolute Gasteiger partial charge is 0.469 e. The predicted molar refractivity (Wildman–Crippen MR) is 70.5 cm³/mol. The van der Waals surface area contributed by atoms with Gasteiger partial charge in [-0.25, -0.2) is 4.39 Å². The number of carbonyl (C=O) groups is 1. The van der Waals surface area contributed by atoms with Gasteiger partial charge in [-0.2, -0.15) is 0 Å². The zero-order valence-corrected chi connectivity index (χ0v) is 11.1. The molecule has 0 radical (unpaired) electrons. The SMILES string of the molecule is Cc1occc1C(=O)Nc1ccc(F)cc1I. The third-order valence-corrected chi connectivity index (χ3v) is 3.18. The molecule has 0 saturated carbocycles. The fraction of sp³-hybridized carbons (Fsp3) is 0.0833. The van der Waals surface area contributed by atoms with Gasteiger partial charge in [0.25, 0.3) is 5.91 Å². The summed E-state index contributed by atoms with van der Waals surface area (Å²) in [7, 11) is 0. The molecule has 0 aliphatic carbocycles. The first-order chi connectivity index (χ1) is 8.08. The summed E-state index contributed by atoms with van der Waals surface area (Å²) in [5.74, 6) is -0.0349. The molecule has 0 aliphatic heterocycles. The Hall–Kier alpha value is -1.37. The minimum absolute atomic E-state index is 0.263. The van der Waals surface area contributed by atoms with Crippen LogP contribution >= 0.6 is 22.6 Å². The molecule has 1 amide bonds. The minimum Gasteiger partial charge on any atom is -0.469 e. The number of hydrogen-bond donors (Lipinski definition) is 1. The van der Waals surface area contributed by atoms with E-state index in [4.69, 9.17) is 4.42 Å². The van der Waals surface area contributed by atoms with Crippen molar-refractivity contribution in [2.24, 2.45) is 0 Å². The summed E-state index contributed by atoms with van der Waals surface area (Å²) in [5, 5.41) is 2.71. The molecular formula is C12H9FINO2. The van der Waals surface area contributed by atoms with Gasteiger partial charge in [-0.05, 0) is 53.8 Å². The lowest BCUT2D eigenvalue weighted by atomic mass is 10.2. The van der Waals surface area contributed by atoms with E-state index in [9.17, 15) is 9.18 Å². The molecule has 0 atom stereocenters. The number of halogens is 2. The van der Waals surface area contributed by atoms with Crippen molar-refractivity contribution in [1.82, 2.24) is 0 Å². The Kier molecular flexibility index (Phi) is 3.46. The highest BCUT2D eigenvalue weighted by Crippen LogP contribution is 2.20. The molecule has 1 aromatic carbocycles. The average molecular weight is 345 g/mol. The number of amides is 1. The number of carbonyl (C=O) groups excluding carboxylic acids is 1. The van der Waals surface area contributed by atoms with Crippen LogP contribution < -0.4 is 5.32 Å². The summed E-state index contributed by atoms with van der Waals surface area (Å²) in [6.45, 7) is 1.71. The Morgan fingerprint density at radius 1 is 1.41 bits per heavy atom. The van der Waals surface area contributed by atoms with Crippen LogP contribution in [0.5, 0.6) is 0 Å². The smallest absolute Gasteiger partial charge is 0.259 e. The Balaban J connectivity index is 2.22. The lowest BCUT2D eigenvalue weighted by Gasteiger charge is -2.06. The van der Waals surface area contributed by atoms with Gasteiger partial charge in [-0.1, -0.05) is 0 Å². The number of aryl methyl sites for hydroxylation is 1. The molecule has 5 heteroatoms. The highest BCUT2D eigenvalue weighted by atomic mass is 127. The van der Waals surface area contributed by atoms with Crippen molar-refractivity contribution in [2.45, 2.75) is 6.92 Å². The van der Waals surface area contributed by atoms with E-state index < -0.39 is 0 Å². The summed E-state index contributed by atoms with van der Waals surface area (Å²) in [6, 6.07) is 5.80. The molecule has 88 valence electrons. The van der Waals surface area contributed by atoms with Gasteiger partial charge < -0.3 is 9.73 Å². The van der Waals surface area contributed by atoms with Gasteiger partial charge >= 0.3 is 0 Å². The fourth-order valence-corrected chi connectivity index (χ4v) is 2.01. The number of nitrogens with one attached hydrogen (secondary N) is 1. The molecule has 0 unspecified atom stereocenters. The Bertz CT molecular complexity index is 565. The lowest BCUT2D eigenvalue weighted by molar-refractivity contribution is 0.102. The van der Waals surface area contributed by atoms with Gasteiger partial charge in [-0.15, -0.1) is 0 Å². The van der Waals surface area contributed by atoms with Crippen molar-refractivity contribution in [3.8, 4) is 0 Å². The third kappa shape index (κ3) is 2.66. The maximum absolute atomic E-state index is 12.9. The average Bonchev–Trinajstić information content (AvgIpc) is 2.68. The maximum atomic E-state index is 12.9. The van der Waals surface area contributed by atoms with Crippen LogP contribution in [-0.2, 0) is 0 Å². The van der Waals surface area contributed by atoms with Crippen LogP contribution in [0.1, 0.15) is 16.1 Å². The summed E-state index contributed by atoms with van der Waals surface area (Å²) in [4.78, 5) is 11.9. The summed E-state index contributed by atoms with van der Waals surface area (Å²) in [5.41, 5.74) is 1.06. The van der Waals surface area contributed by atoms with Crippen molar-refractivity contribution in [3.63, 3.8) is 0 Å². The number of benzene rings is 1. The molecule has 0 fully saturated rings. The Labute approximate surface area is 111 Å². The molecular weight excluding hydrogens is 336 g/mol. The van der Waals surface area contributed by atoms with Gasteiger partial charge in [0.1, 0.15) is 11.6 Å². The first kappa shape index (κ1) is 12.1. The van der Waals surface area contributed by atoms with Crippen LogP contribution in [0.2, 0.25) is 0 Å². The second-order valence-corrected chi connectivity index (χ2v) is 4.63. The van der Waals surface area contributed by atoms with E-state index in [1.165, 1.54) is 24.5 Å². The summed E-state index contributed by atoms with van der Waals surface area (Å²) < 4.78 is 18.6. The zero-order chi connectivity index (χ0) is 12.4. The molecule has 2 rings (SSSR count). The van der Waals surface area contributed by atoms with Crippen LogP contribution in [0, 0.1) is 16.3 Å². The summed E-state index contributed by atoms with van der Waals surface area (Å²) >= 11 is 1.97. The molecule has 1 N–H and O–H groups in total. The van der Waals surface area contributed by atoms with Crippen LogP contribution in [0.25, 0.3) is 0 Å². The molecule has 17 heavy (non-hydrogen) atoms. The standard InChI is InChI=1S/C12H9FINO2/c1-7-9(4-5-17-7)12(16)15-11-3-2-8(13)6-10(11)14/h2-6H,1H3,(H,15,16). The molecule has 0 saturated heterocycles. The van der Waals surface area contributed by atoms with E-state index in [1.807, 2.05) is 22.6 Å². The van der Waals surface area contributed by atoms with Gasteiger partial charge in [-0.3, -0.25) is 4.79 Å². The van der Waals surface area contributed by atoms with E-state index in [2.05, 4.69) is 5.32 Å². The van der Waals surface area contributed by atoms with E-state index in [0.29, 0.717) is 20.6 Å². The molecule has 0 spiro atoms. The summed E-state index contributed by atoms with van der Waals surface area (Å²) in [6.07, 6.45) is 1.46. The van der Waals surface area contributed by atoms with E-state index in [0.717, 1.165) is 0 Å². The van der Waals surface area contributed by atoms with Crippen LogP contribution in [-0.4, -0.2) is 5.91 Å². The highest BCUT2D eigenvalue weighted by Gasteiger charge is 2.12. The first-order valence-corrected chi connectivity index (χ1v) is 5.96. The lowest BCUT2D eigenvalue weighted by Crippen LogP contribution is -2.13. The van der Waals surface area contributed by atoms with Gasteiger partial charge in [0, 0.05) is 3.57 Å². The number of anilines is 1. The topological polar surface area (TPSA) is 42.2 Å². The number of rotatable bonds is 2. The van der Waals surface area contributed by atoms with Crippen LogP contribution in [0.4, 0.5) is 10.1 Å². The van der Waals surface area contributed by atoms with Crippen molar-refractivity contribution in [1.29, 1.82) is 0 Å². The zero-order valence-electron chi connectivity index (χ0n) is 8.96. The van der Waals surface area contributed by atoms with Gasteiger partial charge in [0.2, 0.25) is 0 Å². The monoisotopic (exact) mass is 345 g/mol. The van der Waals surface area contributed by atoms with Gasteiger partial charge in [0.05, 0.1) is 17.5 Å². The number of hydrogen-bond acceptors (Lipinski definition) is 2. The molecule has 0 bridgehead atoms. The van der Waals surface area contributed by atoms with Crippen LogP contribution in [0.3, 0.4) is 0 Å². The normalized spacial score (nSPS) is 10.3. The molecule has 2 aromatic rings. The van der Waals surface area contributed by atoms with E-state index >= 15 is 0 Å². The molecule has 1 heterocycles. The minimum atomic E-state index is -0.327. The number of furan rings is 1. The Morgan fingerprint density at radius 2 is 2.18 bits per heavy atom. The van der Waals surface area contributed by atoms with Crippen molar-refractivity contribution >= 4 is 34.2 Å². The second kappa shape index (κ2) is 4.87. The first-order valence-electron chi connectivity index (χ1n) is 4.88. The predicted octanol–water partition coefficient (Wildman–Crippen LogP) is 3.58. The third-order valence-electron chi connectivity index (χ3n) is 2.28. The van der Waals surface area contributed by atoms with Crippen molar-refractivity contribution in [3.05, 3.63) is 51.2 Å². The van der Waals surface area contributed by atoms with Gasteiger partial charge in [0.15, 0.2) is 0 Å². The van der Waals surface area contributed by atoms with E-state index in [1.54, 1.807) is 13.0 Å². The Morgan fingerprint density at radius 3 is 2.76 bits per heavy atom. The van der Waals surface area contributed by atoms with Crippen molar-refractivity contribution < 1.29 is 13.6 Å². The highest BCUT2D eigenvalue weighted by molar-refractivity contribution is 14.1. The molecule has 0 aliphatic rings. The van der Waals surface area contributed by atoms with Crippen LogP contribution in [0.15, 0.2) is 34.9 Å². The molecule has 3 nitrogen and oxygen atoms in total.